The predicted molar refractivity (Wildman–Crippen MR) is 269 cm³/mol. The van der Waals surface area contributed by atoms with Crippen LogP contribution in [0, 0.1) is 29.1 Å². The highest BCUT2D eigenvalue weighted by Gasteiger charge is 2.48. The zero-order valence-corrected chi connectivity index (χ0v) is 36.2. The van der Waals surface area contributed by atoms with Crippen molar-refractivity contribution in [1.82, 2.24) is 4.57 Å². The Balaban J connectivity index is 1.39. The van der Waals surface area contributed by atoms with E-state index in [0.29, 0.717) is 9.80 Å². The summed E-state index contributed by atoms with van der Waals surface area (Å²) in [7, 11) is 0. The van der Waals surface area contributed by atoms with E-state index in [0.717, 1.165) is 4.57 Å². The van der Waals surface area contributed by atoms with Crippen molar-refractivity contribution < 1.29 is 62.0 Å². The Morgan fingerprint density at radius 2 is 1.22 bits per heavy atom. The summed E-state index contributed by atoms with van der Waals surface area (Å²) in [6.07, 6.45) is 0. The van der Waals surface area contributed by atoms with E-state index >= 15 is 17.6 Å². The molecule has 0 spiro atoms. The Morgan fingerprint density at radius 1 is 0.594 bits per heavy atom. The smallest absolute Gasteiger partial charge is 0.253 e. The number of para-hydroxylation sites is 3. The van der Waals surface area contributed by atoms with Gasteiger partial charge in [0.2, 0.25) is 5.82 Å². The van der Waals surface area contributed by atoms with Crippen LogP contribution in [0.1, 0.15) is 86.9 Å². The van der Waals surface area contributed by atoms with Crippen molar-refractivity contribution in [1.29, 1.82) is 0 Å². The van der Waals surface area contributed by atoms with E-state index in [1.54, 1.807) is 0 Å². The Kier molecular flexibility index (Phi) is 4.68. The monoisotopic (exact) mass is 939 g/mol. The molecule has 0 fully saturated rings. The molecule has 0 saturated heterocycles. The number of hydrogen-bond acceptors (Lipinski definition) is 3. The minimum Gasteiger partial charge on any atom is -0.456 e. The molecule has 0 radical (unpaired) electrons. The molecule has 1 aliphatic carbocycles. The standard InChI is InChI=1S/C59H41BF5N3O/c1-58(2,3)32-23-25-35(26-24-32)67-42-27-28-45-39(31-46(69-45)47-51(61)53(63)55(65)54(64)52(47)62)49(42)60-41-22-14-20-38-48-57(37-19-12-13-21-40(37)59(48,4)5)68(56(38)41)44-30-36(29-43(67)50(44)60)66(33-15-8-6-9-16-33)34-17-10-7-11-18-34/h6-31H,1-5H3/i6D,7D,8D,9D,10D,11D,12D,13D,14D,15D,16D,17D,18D,19D,20D,21D,22D,23D,24D,25D,26D,27D,28D,29D,30D,31D. The number of fused-ring (bicyclic) bond motifs is 11. The van der Waals surface area contributed by atoms with Crippen LogP contribution in [0.2, 0.25) is 0 Å². The van der Waals surface area contributed by atoms with Gasteiger partial charge in [-0.3, -0.25) is 0 Å². The van der Waals surface area contributed by atoms with Crippen LogP contribution in [0.3, 0.4) is 0 Å². The van der Waals surface area contributed by atoms with E-state index in [9.17, 15) is 29.1 Å². The molecule has 0 saturated carbocycles. The summed E-state index contributed by atoms with van der Waals surface area (Å²) in [6, 6.07) is -27.2. The number of anilines is 6. The number of hydrogen-bond donors (Lipinski definition) is 0. The van der Waals surface area contributed by atoms with Gasteiger partial charge in [0.1, 0.15) is 11.3 Å². The SMILES string of the molecule is [2H]c1c([2H])c([2H])c(N(c2c([2H])c([2H])c([2H])c([2H])c2[2H])c2c([2H])c3c4c(c2[2H])-n2c5c(c6c([2H])c([2H])c([2H])c(c62)B4c2c(c([2H])c([2H])c4oc(-c6c(F)c(F)c(F)c(F)c6F)c([2H])c24)N3c2c([2H])c([2H])c(C(C)(C)C)c([2H])c2[2H])C(C)(C)c2c([2H])c([2H])c([2H])c([2H])c2-5)c([2H])c1[2H]. The third-order valence-corrected chi connectivity index (χ3v) is 12.7. The molecule has 10 heteroatoms. The molecule has 10 aromatic rings. The molecule has 0 bridgehead atoms. The highest BCUT2D eigenvalue weighted by molar-refractivity contribution is 7.01. The molecule has 2 aromatic heterocycles. The lowest BCUT2D eigenvalue weighted by Crippen LogP contribution is -2.60. The minimum absolute atomic E-state index is 0.119. The molecule has 0 N–H and O–H groups in total. The second kappa shape index (κ2) is 14.3. The van der Waals surface area contributed by atoms with Crippen LogP contribution >= 0.6 is 0 Å². The highest BCUT2D eigenvalue weighted by atomic mass is 19.2. The third-order valence-electron chi connectivity index (χ3n) is 12.7. The van der Waals surface area contributed by atoms with Crippen LogP contribution in [-0.4, -0.2) is 11.3 Å². The van der Waals surface area contributed by atoms with E-state index in [1.807, 2.05) is 0 Å². The van der Waals surface area contributed by atoms with Crippen molar-refractivity contribution in [3.05, 3.63) is 203 Å². The molecule has 4 heterocycles. The van der Waals surface area contributed by atoms with Crippen molar-refractivity contribution in [3.63, 3.8) is 0 Å². The Hall–Kier alpha value is -7.85. The van der Waals surface area contributed by atoms with Gasteiger partial charge in [0, 0.05) is 61.4 Å². The quantitative estimate of drug-likeness (QED) is 0.0744. The van der Waals surface area contributed by atoms with Gasteiger partial charge in [-0.05, 0) is 105 Å². The topological polar surface area (TPSA) is 24.6 Å². The summed E-state index contributed by atoms with van der Waals surface area (Å²) in [5.74, 6) is -14.3. The number of aromatic nitrogens is 1. The first-order chi connectivity index (χ1) is 44.1. The van der Waals surface area contributed by atoms with Crippen molar-refractivity contribution in [3.8, 4) is 28.3 Å². The molecule has 69 heavy (non-hydrogen) atoms. The predicted octanol–water partition coefficient (Wildman–Crippen LogP) is 14.4. The third kappa shape index (κ3) is 5.63. The van der Waals surface area contributed by atoms with Crippen LogP contribution < -0.4 is 26.2 Å². The van der Waals surface area contributed by atoms with Crippen molar-refractivity contribution in [2.75, 3.05) is 9.80 Å². The van der Waals surface area contributed by atoms with E-state index in [1.165, 1.54) is 34.6 Å². The van der Waals surface area contributed by atoms with Gasteiger partial charge in [-0.15, -0.1) is 0 Å². The van der Waals surface area contributed by atoms with Crippen LogP contribution in [0.4, 0.5) is 56.1 Å². The van der Waals surface area contributed by atoms with E-state index in [2.05, 4.69) is 0 Å². The maximum absolute atomic E-state index is 16.2. The van der Waals surface area contributed by atoms with Crippen LogP contribution in [-0.2, 0) is 10.8 Å². The van der Waals surface area contributed by atoms with E-state index in [4.69, 9.17) is 15.4 Å². The number of rotatable bonds is 5. The van der Waals surface area contributed by atoms with E-state index < -0.39 is 288 Å². The fourth-order valence-electron chi connectivity index (χ4n) is 9.68. The fourth-order valence-corrected chi connectivity index (χ4v) is 9.68. The summed E-state index contributed by atoms with van der Waals surface area (Å²) >= 11 is 0. The summed E-state index contributed by atoms with van der Waals surface area (Å²) < 4.78 is 333. The molecule has 13 rings (SSSR count). The molecule has 3 aliphatic rings. The lowest BCUT2D eigenvalue weighted by Gasteiger charge is -2.42. The van der Waals surface area contributed by atoms with Gasteiger partial charge in [0.15, 0.2) is 23.3 Å². The first-order valence-corrected chi connectivity index (χ1v) is 21.0. The van der Waals surface area contributed by atoms with Crippen LogP contribution in [0.5, 0.6) is 0 Å². The molecule has 336 valence electrons. The minimum atomic E-state index is -2.64. The highest BCUT2D eigenvalue weighted by Crippen LogP contribution is 2.55. The van der Waals surface area contributed by atoms with Crippen molar-refractivity contribution >= 4 is 79.1 Å². The Labute approximate surface area is 432 Å². The van der Waals surface area contributed by atoms with Gasteiger partial charge in [-0.2, -0.15) is 0 Å². The van der Waals surface area contributed by atoms with Crippen LogP contribution in [0.15, 0.2) is 162 Å². The number of benzene rings is 8. The Morgan fingerprint density at radius 3 is 1.88 bits per heavy atom. The number of furan rings is 1. The molecule has 0 unspecified atom stereocenters. The summed E-state index contributed by atoms with van der Waals surface area (Å²) in [5.41, 5.74) is -16.6. The maximum Gasteiger partial charge on any atom is 0.253 e. The molecule has 8 aromatic carbocycles. The van der Waals surface area contributed by atoms with Gasteiger partial charge in [0.05, 0.1) is 52.6 Å². The lowest BCUT2D eigenvalue weighted by molar-refractivity contribution is 0.379. The largest absolute Gasteiger partial charge is 0.456 e. The summed E-state index contributed by atoms with van der Waals surface area (Å²) in [5, 5.41) is -1.26. The van der Waals surface area contributed by atoms with Gasteiger partial charge in [0.25, 0.3) is 6.71 Å². The number of nitrogens with zero attached hydrogens (tertiary/aromatic N) is 3. The molecule has 0 amide bonds. The van der Waals surface area contributed by atoms with Crippen molar-refractivity contribution in [2.45, 2.75) is 45.4 Å². The van der Waals surface area contributed by atoms with Crippen molar-refractivity contribution in [2.24, 2.45) is 0 Å². The fraction of sp³-hybridized carbons (Fsp3) is 0.119. The van der Waals surface area contributed by atoms with Gasteiger partial charge in [-0.25, -0.2) is 22.0 Å². The number of halogens is 5. The Bertz CT molecular complexity index is 5210. The zero-order valence-electron chi connectivity index (χ0n) is 62.2. The molecule has 4 nitrogen and oxygen atoms in total. The normalized spacial score (nSPS) is 19.3. The summed E-state index contributed by atoms with van der Waals surface area (Å²) in [4.78, 5) is 1.03. The summed E-state index contributed by atoms with van der Waals surface area (Å²) in [6.45, 7) is 5.31. The molecule has 2 aliphatic heterocycles. The molecular weight excluding hydrogens is 872 g/mol. The van der Waals surface area contributed by atoms with Gasteiger partial charge in [-0.1, -0.05) is 125 Å². The molecule has 0 atom stereocenters. The first-order valence-electron chi connectivity index (χ1n) is 34.0. The second-order valence-corrected chi connectivity index (χ2v) is 17.9. The van der Waals surface area contributed by atoms with Gasteiger partial charge < -0.3 is 18.8 Å². The molecular formula is C59H41BF5N3O. The van der Waals surface area contributed by atoms with Gasteiger partial charge >= 0.3 is 0 Å². The maximum atomic E-state index is 16.2. The average molecular weight is 940 g/mol. The zero-order chi connectivity index (χ0) is 70.0. The van der Waals surface area contributed by atoms with Crippen LogP contribution in [0.25, 0.3) is 50.1 Å². The second-order valence-electron chi connectivity index (χ2n) is 17.9. The average Bonchev–Trinajstić information content (AvgIpc) is 1.58. The van der Waals surface area contributed by atoms with E-state index in [-0.39, 0.29) is 33.3 Å². The lowest BCUT2D eigenvalue weighted by atomic mass is 9.33. The first kappa shape index (κ1) is 22.5.